The topological polar surface area (TPSA) is 27.7 Å². The van der Waals surface area contributed by atoms with E-state index in [1.54, 1.807) is 21.3 Å². The quantitative estimate of drug-likeness (QED) is 0.102. The molecule has 442 valence electrons. The molecule has 10 aromatic rings. The van der Waals surface area contributed by atoms with E-state index in [-0.39, 0.29) is 11.3 Å². The first kappa shape index (κ1) is 63.6. The standard InChI is InChI=1S/C34H38O2.C27H32O.C22H22/c1-21-9-11-27(13-23(21)3)15-29-17-31(25(5)33(19-29)35-7)32-18-30(20-34(36-8)26(32)6)16-28-12-10-22(2)24(4)14-28;1-16-9-10-23(15-26(16)28-8)27(24-11-17(2)21(6)18(3)12-24)25-13-19(4)22(7)20(5)14-25;1-17-9-13-20(14-10-17)22(3,19-7-5-4-6-8-19)21-15-11-18(2)12-16-21/h9-14,17-20H,15-16H2,1-8H3;9-15,27H,1-8H3;4-16H,1-3H3. The third-order valence-corrected chi connectivity index (χ3v) is 18.5. The van der Waals surface area contributed by atoms with Crippen molar-refractivity contribution in [3.8, 4) is 28.4 Å². The number of hydrogen-bond donors (Lipinski definition) is 0. The van der Waals surface area contributed by atoms with Crippen molar-refractivity contribution in [2.24, 2.45) is 0 Å². The average Bonchev–Trinajstić information content (AvgIpc) is 2.23. The van der Waals surface area contributed by atoms with Gasteiger partial charge in [0.25, 0.3) is 0 Å². The van der Waals surface area contributed by atoms with Crippen molar-refractivity contribution in [3.63, 3.8) is 0 Å². The molecule has 0 bridgehead atoms. The van der Waals surface area contributed by atoms with Crippen LogP contribution in [0.2, 0.25) is 0 Å². The molecule has 86 heavy (non-hydrogen) atoms. The third kappa shape index (κ3) is 14.5. The molecule has 0 aliphatic heterocycles. The minimum atomic E-state index is -0.136. The summed E-state index contributed by atoms with van der Waals surface area (Å²) in [5, 5.41) is 0. The number of aryl methyl sites for hydroxylation is 11. The fraction of sp³-hybridized carbons (Fsp3) is 0.277. The summed E-state index contributed by atoms with van der Waals surface area (Å²) in [6, 6.07) is 67.1. The normalized spacial score (nSPS) is 11.2. The Morgan fingerprint density at radius 2 is 0.663 bits per heavy atom. The Morgan fingerprint density at radius 1 is 0.291 bits per heavy atom. The summed E-state index contributed by atoms with van der Waals surface area (Å²) in [6.45, 7) is 34.9. The minimum absolute atomic E-state index is 0.136. The lowest BCUT2D eigenvalue weighted by Gasteiger charge is -2.32. The van der Waals surface area contributed by atoms with Gasteiger partial charge in [0, 0.05) is 11.3 Å². The van der Waals surface area contributed by atoms with E-state index < -0.39 is 0 Å². The first-order valence-corrected chi connectivity index (χ1v) is 30.5. The largest absolute Gasteiger partial charge is 0.496 e. The molecule has 0 spiro atoms. The van der Waals surface area contributed by atoms with Gasteiger partial charge >= 0.3 is 0 Å². The first-order valence-electron chi connectivity index (χ1n) is 30.5. The molecule has 0 aliphatic rings. The fourth-order valence-corrected chi connectivity index (χ4v) is 12.1. The van der Waals surface area contributed by atoms with Crippen LogP contribution in [0.1, 0.15) is 152 Å². The Bertz CT molecular complexity index is 3730. The molecule has 0 fully saturated rings. The highest BCUT2D eigenvalue weighted by molar-refractivity contribution is 5.76. The van der Waals surface area contributed by atoms with Crippen LogP contribution in [0.15, 0.2) is 182 Å². The van der Waals surface area contributed by atoms with Crippen molar-refractivity contribution in [1.29, 1.82) is 0 Å². The van der Waals surface area contributed by atoms with Gasteiger partial charge in [-0.1, -0.05) is 175 Å². The Hall–Kier alpha value is -8.40. The molecule has 0 N–H and O–H groups in total. The molecule has 0 atom stereocenters. The van der Waals surface area contributed by atoms with E-state index >= 15 is 0 Å². The molecule has 3 nitrogen and oxygen atoms in total. The molecule has 0 aliphatic carbocycles. The van der Waals surface area contributed by atoms with Gasteiger partial charge in [0.2, 0.25) is 0 Å². The molecule has 0 unspecified atom stereocenters. The maximum absolute atomic E-state index is 5.84. The van der Waals surface area contributed by atoms with Crippen LogP contribution in [0.5, 0.6) is 17.2 Å². The first-order chi connectivity index (χ1) is 41.0. The molecule has 0 amide bonds. The van der Waals surface area contributed by atoms with Gasteiger partial charge in [-0.2, -0.15) is 0 Å². The van der Waals surface area contributed by atoms with Crippen molar-refractivity contribution in [2.45, 2.75) is 135 Å². The van der Waals surface area contributed by atoms with E-state index in [9.17, 15) is 0 Å². The van der Waals surface area contributed by atoms with Crippen molar-refractivity contribution in [2.75, 3.05) is 21.3 Å². The number of ether oxygens (including phenoxy) is 3. The van der Waals surface area contributed by atoms with Crippen LogP contribution in [-0.2, 0) is 18.3 Å². The zero-order chi connectivity index (χ0) is 62.1. The lowest BCUT2D eigenvalue weighted by Crippen LogP contribution is -2.25. The maximum Gasteiger partial charge on any atom is 0.122 e. The Labute approximate surface area is 517 Å². The average molecular weight is 1140 g/mol. The lowest BCUT2D eigenvalue weighted by molar-refractivity contribution is 0.410. The SMILES string of the molecule is COc1cc(C(c2cc(C)c(C)c(C)c2)c2cc(C)c(C)c(C)c2)ccc1C.COc1cc(Cc2ccc(C)c(C)c2)cc(-c2cc(Cc3ccc(C)c(C)c3)cc(OC)c2C)c1C.Cc1ccc(C(C)(c2ccccc2)c2ccc(C)cc2)cc1. The number of hydrogen-bond acceptors (Lipinski definition) is 3. The second kappa shape index (κ2) is 27.8. The van der Waals surface area contributed by atoms with Crippen molar-refractivity contribution < 1.29 is 14.2 Å². The molecular formula is C83H92O3. The minimum Gasteiger partial charge on any atom is -0.496 e. The molecule has 3 heteroatoms. The zero-order valence-electron chi connectivity index (χ0n) is 55.0. The van der Waals surface area contributed by atoms with Gasteiger partial charge in [-0.25, -0.2) is 0 Å². The Balaban J connectivity index is 0.000000173. The zero-order valence-corrected chi connectivity index (χ0v) is 55.0. The molecule has 0 saturated heterocycles. The highest BCUT2D eigenvalue weighted by Crippen LogP contribution is 2.42. The van der Waals surface area contributed by atoms with Gasteiger partial charge in [0.1, 0.15) is 17.2 Å². The molecule has 0 heterocycles. The number of methoxy groups -OCH3 is 3. The van der Waals surface area contributed by atoms with Crippen LogP contribution < -0.4 is 14.2 Å². The van der Waals surface area contributed by atoms with Crippen molar-refractivity contribution in [3.05, 3.63) is 321 Å². The van der Waals surface area contributed by atoms with Gasteiger partial charge in [-0.15, -0.1) is 0 Å². The number of benzene rings is 10. The van der Waals surface area contributed by atoms with E-state index in [0.29, 0.717) is 0 Å². The van der Waals surface area contributed by atoms with Gasteiger partial charge in [0.15, 0.2) is 0 Å². The Morgan fingerprint density at radius 3 is 1.03 bits per heavy atom. The third-order valence-electron chi connectivity index (χ3n) is 18.5. The smallest absolute Gasteiger partial charge is 0.122 e. The molecule has 0 aromatic heterocycles. The second-order valence-electron chi connectivity index (χ2n) is 24.6. The second-order valence-corrected chi connectivity index (χ2v) is 24.6. The van der Waals surface area contributed by atoms with Crippen LogP contribution in [0.4, 0.5) is 0 Å². The van der Waals surface area contributed by atoms with Crippen LogP contribution in [0, 0.1) is 104 Å². The van der Waals surface area contributed by atoms with Gasteiger partial charge in [0.05, 0.1) is 21.3 Å². The van der Waals surface area contributed by atoms with Crippen LogP contribution in [0.25, 0.3) is 11.1 Å². The van der Waals surface area contributed by atoms with E-state index in [2.05, 4.69) is 293 Å². The number of rotatable bonds is 14. The van der Waals surface area contributed by atoms with E-state index in [0.717, 1.165) is 46.8 Å². The fourth-order valence-electron chi connectivity index (χ4n) is 12.1. The molecular weight excluding hydrogens is 1040 g/mol. The van der Waals surface area contributed by atoms with Gasteiger partial charge in [-0.3, -0.25) is 0 Å². The summed E-state index contributed by atoms with van der Waals surface area (Å²) in [5.74, 6) is 2.97. The highest BCUT2D eigenvalue weighted by Gasteiger charge is 2.31. The highest BCUT2D eigenvalue weighted by atomic mass is 16.5. The summed E-state index contributed by atoms with van der Waals surface area (Å²) in [6.07, 6.45) is 1.73. The van der Waals surface area contributed by atoms with E-state index in [1.165, 1.54) is 134 Å². The molecule has 10 rings (SSSR count). The summed E-state index contributed by atoms with van der Waals surface area (Å²) in [5.41, 5.74) is 34.8. The molecule has 0 saturated carbocycles. The maximum atomic E-state index is 5.84. The van der Waals surface area contributed by atoms with Crippen LogP contribution in [0.3, 0.4) is 0 Å². The van der Waals surface area contributed by atoms with E-state index in [4.69, 9.17) is 14.2 Å². The summed E-state index contributed by atoms with van der Waals surface area (Å²) in [4.78, 5) is 0. The summed E-state index contributed by atoms with van der Waals surface area (Å²) < 4.78 is 17.3. The van der Waals surface area contributed by atoms with E-state index in [1.807, 2.05) is 0 Å². The monoisotopic (exact) mass is 1140 g/mol. The van der Waals surface area contributed by atoms with Crippen LogP contribution in [-0.4, -0.2) is 21.3 Å². The van der Waals surface area contributed by atoms with Crippen molar-refractivity contribution >= 4 is 0 Å². The van der Waals surface area contributed by atoms with Gasteiger partial charge < -0.3 is 14.2 Å². The molecule has 0 radical (unpaired) electrons. The van der Waals surface area contributed by atoms with Crippen LogP contribution >= 0.6 is 0 Å². The van der Waals surface area contributed by atoms with Crippen molar-refractivity contribution in [1.82, 2.24) is 0 Å². The predicted octanol–water partition coefficient (Wildman–Crippen LogP) is 21.1. The Kier molecular flexibility index (Phi) is 20.5. The summed E-state index contributed by atoms with van der Waals surface area (Å²) >= 11 is 0. The summed E-state index contributed by atoms with van der Waals surface area (Å²) in [7, 11) is 5.27. The van der Waals surface area contributed by atoms with Gasteiger partial charge in [-0.05, 0) is 281 Å². The molecule has 10 aromatic carbocycles. The lowest BCUT2D eigenvalue weighted by atomic mass is 9.71. The predicted molar refractivity (Wildman–Crippen MR) is 366 cm³/mol.